The van der Waals surface area contributed by atoms with Gasteiger partial charge in [-0.05, 0) is 35.4 Å². The predicted molar refractivity (Wildman–Crippen MR) is 136 cm³/mol. The lowest BCUT2D eigenvalue weighted by Crippen LogP contribution is -2.06. The second kappa shape index (κ2) is 12.0. The molecule has 0 bridgehead atoms. The van der Waals surface area contributed by atoms with E-state index in [1.807, 2.05) is 48.5 Å². The maximum Gasteiger partial charge on any atom is 0.180 e. The number of ether oxygens (including phenoxy) is 2. The lowest BCUT2D eigenvalue weighted by atomic mass is 10.1. The second-order valence-electron chi connectivity index (χ2n) is 6.51. The third-order valence-electron chi connectivity index (χ3n) is 4.26. The van der Waals surface area contributed by atoms with Gasteiger partial charge in [0.15, 0.2) is 5.17 Å². The van der Waals surface area contributed by atoms with Crippen LogP contribution in [0.1, 0.15) is 16.7 Å². The van der Waals surface area contributed by atoms with Gasteiger partial charge in [0.1, 0.15) is 18.1 Å². The molecule has 0 aliphatic carbocycles. The molecule has 0 fully saturated rings. The largest absolute Gasteiger partial charge is 0.496 e. The van der Waals surface area contributed by atoms with Crippen molar-refractivity contribution in [2.45, 2.75) is 12.4 Å². The molecule has 0 heterocycles. The first kappa shape index (κ1) is 24.3. The number of hydrogen-bond donors (Lipinski definition) is 1. The maximum absolute atomic E-state index is 6.19. The van der Waals surface area contributed by atoms with Crippen LogP contribution in [-0.2, 0) is 12.4 Å². The van der Waals surface area contributed by atoms with Gasteiger partial charge in [-0.2, -0.15) is 5.10 Å². The van der Waals surface area contributed by atoms with Gasteiger partial charge in [-0.25, -0.2) is 0 Å². The fourth-order valence-electron chi connectivity index (χ4n) is 2.67. The van der Waals surface area contributed by atoms with Crippen LogP contribution < -0.4 is 15.2 Å². The Morgan fingerprint density at radius 3 is 2.47 bits per heavy atom. The van der Waals surface area contributed by atoms with Crippen molar-refractivity contribution in [3.63, 3.8) is 0 Å². The van der Waals surface area contributed by atoms with Gasteiger partial charge in [0.25, 0.3) is 0 Å². The van der Waals surface area contributed by atoms with Crippen molar-refractivity contribution < 1.29 is 9.47 Å². The van der Waals surface area contributed by atoms with E-state index in [4.69, 9.17) is 50.0 Å². The molecule has 0 aromatic heterocycles. The minimum atomic E-state index is 0.209. The Bertz CT molecular complexity index is 1120. The molecule has 5 nitrogen and oxygen atoms in total. The molecule has 3 aromatic carbocycles. The van der Waals surface area contributed by atoms with E-state index in [0.29, 0.717) is 31.7 Å². The first-order valence-electron chi connectivity index (χ1n) is 9.43. The Labute approximate surface area is 206 Å². The normalized spacial score (nSPS) is 11.7. The number of methoxy groups -OCH3 is 1. The standard InChI is InChI=1S/C23H20Cl3N3O2S/c1-30-21-8-7-16(12-28-29-23(27)32-14-15-5-3-2-4-6-15)9-17(21)13-31-22-11-19(25)18(24)10-20(22)26/h2-12H,13-14H2,1H3,(H2,27,29). The van der Waals surface area contributed by atoms with Gasteiger partial charge < -0.3 is 15.2 Å². The molecule has 0 atom stereocenters. The molecular formula is C23H20Cl3N3O2S. The molecule has 0 saturated heterocycles. The van der Waals surface area contributed by atoms with Gasteiger partial charge in [0.2, 0.25) is 0 Å². The average molecular weight is 509 g/mol. The molecule has 0 saturated carbocycles. The first-order chi connectivity index (χ1) is 15.5. The lowest BCUT2D eigenvalue weighted by molar-refractivity contribution is 0.297. The summed E-state index contributed by atoms with van der Waals surface area (Å²) in [7, 11) is 1.59. The maximum atomic E-state index is 6.19. The highest BCUT2D eigenvalue weighted by atomic mass is 35.5. The van der Waals surface area contributed by atoms with Crippen molar-refractivity contribution in [2.75, 3.05) is 7.11 Å². The molecule has 0 aliphatic rings. The first-order valence-corrected chi connectivity index (χ1v) is 11.6. The average Bonchev–Trinajstić information content (AvgIpc) is 2.80. The molecule has 0 aliphatic heterocycles. The van der Waals surface area contributed by atoms with Gasteiger partial charge in [0.05, 0.1) is 28.4 Å². The molecule has 0 amide bonds. The SMILES string of the molecule is COc1ccc(C=NN=C(N)SCc2ccccc2)cc1COc1cc(Cl)c(Cl)cc1Cl. The van der Waals surface area contributed by atoms with Crippen molar-refractivity contribution in [3.05, 3.63) is 92.4 Å². The number of rotatable bonds is 8. The van der Waals surface area contributed by atoms with Crippen molar-refractivity contribution >= 4 is 57.9 Å². The molecule has 32 heavy (non-hydrogen) atoms. The minimum Gasteiger partial charge on any atom is -0.496 e. The third kappa shape index (κ3) is 7.07. The third-order valence-corrected chi connectivity index (χ3v) is 6.13. The monoisotopic (exact) mass is 507 g/mol. The van der Waals surface area contributed by atoms with E-state index >= 15 is 0 Å². The Balaban J connectivity index is 1.65. The Kier molecular flexibility index (Phi) is 9.11. The van der Waals surface area contributed by atoms with Crippen LogP contribution in [0, 0.1) is 0 Å². The summed E-state index contributed by atoms with van der Waals surface area (Å²) in [5, 5.41) is 9.61. The fourth-order valence-corrected chi connectivity index (χ4v) is 3.88. The summed E-state index contributed by atoms with van der Waals surface area (Å²) in [5.41, 5.74) is 8.72. The van der Waals surface area contributed by atoms with Crippen LogP contribution in [0.2, 0.25) is 15.1 Å². The molecule has 0 radical (unpaired) electrons. The number of amidine groups is 1. The van der Waals surface area contributed by atoms with Crippen molar-refractivity contribution in [1.29, 1.82) is 0 Å². The van der Waals surface area contributed by atoms with Crippen LogP contribution in [0.4, 0.5) is 0 Å². The highest BCUT2D eigenvalue weighted by Gasteiger charge is 2.10. The number of halogens is 3. The highest BCUT2D eigenvalue weighted by molar-refractivity contribution is 8.13. The Hall–Kier alpha value is -2.38. The summed E-state index contributed by atoms with van der Waals surface area (Å²) in [6.45, 7) is 0.209. The molecule has 166 valence electrons. The zero-order valence-electron chi connectivity index (χ0n) is 17.1. The topological polar surface area (TPSA) is 69.2 Å². The minimum absolute atomic E-state index is 0.209. The number of benzene rings is 3. The Morgan fingerprint density at radius 2 is 1.72 bits per heavy atom. The molecule has 3 aromatic rings. The van der Waals surface area contributed by atoms with E-state index < -0.39 is 0 Å². The summed E-state index contributed by atoms with van der Waals surface area (Å²) in [6.07, 6.45) is 1.62. The molecular weight excluding hydrogens is 489 g/mol. The van der Waals surface area contributed by atoms with E-state index in [9.17, 15) is 0 Å². The zero-order valence-corrected chi connectivity index (χ0v) is 20.2. The highest BCUT2D eigenvalue weighted by Crippen LogP contribution is 2.34. The van der Waals surface area contributed by atoms with Crippen LogP contribution >= 0.6 is 46.6 Å². The van der Waals surface area contributed by atoms with Gasteiger partial charge >= 0.3 is 0 Å². The molecule has 9 heteroatoms. The van der Waals surface area contributed by atoms with Crippen LogP contribution in [0.15, 0.2) is 70.9 Å². The quantitative estimate of drug-likeness (QED) is 0.157. The van der Waals surface area contributed by atoms with E-state index in [2.05, 4.69) is 10.2 Å². The van der Waals surface area contributed by atoms with Gasteiger partial charge in [-0.3, -0.25) is 0 Å². The summed E-state index contributed by atoms with van der Waals surface area (Å²) in [6, 6.07) is 18.7. The molecule has 0 spiro atoms. The fraction of sp³-hybridized carbons (Fsp3) is 0.130. The predicted octanol–water partition coefficient (Wildman–Crippen LogP) is 6.82. The van der Waals surface area contributed by atoms with E-state index in [1.54, 1.807) is 25.5 Å². The number of hydrogen-bond acceptors (Lipinski definition) is 5. The van der Waals surface area contributed by atoms with Crippen molar-refractivity contribution in [1.82, 2.24) is 0 Å². The number of thioether (sulfide) groups is 1. The van der Waals surface area contributed by atoms with Gasteiger partial charge in [-0.1, -0.05) is 76.9 Å². The van der Waals surface area contributed by atoms with Crippen molar-refractivity contribution in [2.24, 2.45) is 15.9 Å². The number of nitrogens with zero attached hydrogens (tertiary/aromatic N) is 2. The van der Waals surface area contributed by atoms with Crippen LogP contribution in [0.3, 0.4) is 0 Å². The van der Waals surface area contributed by atoms with Crippen LogP contribution in [0.5, 0.6) is 11.5 Å². The molecule has 2 N–H and O–H groups in total. The second-order valence-corrected chi connectivity index (χ2v) is 8.73. The summed E-state index contributed by atoms with van der Waals surface area (Å²) >= 11 is 19.6. The summed E-state index contributed by atoms with van der Waals surface area (Å²) in [4.78, 5) is 0. The van der Waals surface area contributed by atoms with E-state index in [-0.39, 0.29) is 6.61 Å². The molecule has 3 rings (SSSR count). The molecule has 0 unspecified atom stereocenters. The smallest absolute Gasteiger partial charge is 0.180 e. The summed E-state index contributed by atoms with van der Waals surface area (Å²) in [5.74, 6) is 1.82. The van der Waals surface area contributed by atoms with E-state index in [1.165, 1.54) is 17.3 Å². The van der Waals surface area contributed by atoms with E-state index in [0.717, 1.165) is 16.9 Å². The van der Waals surface area contributed by atoms with Gasteiger partial charge in [0, 0.05) is 17.4 Å². The summed E-state index contributed by atoms with van der Waals surface area (Å²) < 4.78 is 11.2. The van der Waals surface area contributed by atoms with Crippen LogP contribution in [0.25, 0.3) is 0 Å². The Morgan fingerprint density at radius 1 is 0.969 bits per heavy atom. The number of nitrogens with two attached hydrogens (primary N) is 1. The zero-order chi connectivity index (χ0) is 22.9. The van der Waals surface area contributed by atoms with Crippen LogP contribution in [-0.4, -0.2) is 18.5 Å². The lowest BCUT2D eigenvalue weighted by Gasteiger charge is -2.12. The van der Waals surface area contributed by atoms with Gasteiger partial charge in [-0.15, -0.1) is 5.10 Å². The van der Waals surface area contributed by atoms with Crippen molar-refractivity contribution in [3.8, 4) is 11.5 Å².